The van der Waals surface area contributed by atoms with Crippen molar-refractivity contribution >= 4 is 40.7 Å². The molecule has 0 aliphatic rings. The molecule has 0 saturated heterocycles. The van der Waals surface area contributed by atoms with Crippen molar-refractivity contribution in [2.24, 2.45) is 4.99 Å². The lowest BCUT2D eigenvalue weighted by atomic mass is 10.1. The lowest BCUT2D eigenvalue weighted by Crippen LogP contribution is -2.40. The fraction of sp³-hybridized carbons (Fsp3) is 0.474. The van der Waals surface area contributed by atoms with Gasteiger partial charge in [-0.2, -0.15) is 0 Å². The van der Waals surface area contributed by atoms with E-state index in [2.05, 4.69) is 20.6 Å². The molecule has 0 fully saturated rings. The van der Waals surface area contributed by atoms with Gasteiger partial charge in [0, 0.05) is 40.5 Å². The molecule has 0 amide bonds. The Morgan fingerprint density at radius 3 is 2.48 bits per heavy atom. The van der Waals surface area contributed by atoms with Gasteiger partial charge in [-0.3, -0.25) is 9.20 Å². The lowest BCUT2D eigenvalue weighted by Gasteiger charge is -2.18. The van der Waals surface area contributed by atoms with Gasteiger partial charge in [-0.15, -0.1) is 24.0 Å². The van der Waals surface area contributed by atoms with Gasteiger partial charge in [0.15, 0.2) is 5.96 Å². The zero-order valence-corrected chi connectivity index (χ0v) is 19.7. The number of rotatable bonds is 6. The number of benzene rings is 1. The minimum Gasteiger partial charge on any atom is -0.444 e. The van der Waals surface area contributed by atoms with Crippen LogP contribution in [0.5, 0.6) is 0 Å². The molecule has 0 radical (unpaired) electrons. The average molecular weight is 504 g/mol. The minimum absolute atomic E-state index is 0. The molecule has 8 heteroatoms. The number of nitrogens with zero attached hydrogens (tertiary/aromatic N) is 2. The van der Waals surface area contributed by atoms with E-state index in [0.717, 1.165) is 11.3 Å². The van der Waals surface area contributed by atoms with Crippen molar-refractivity contribution in [2.45, 2.75) is 39.0 Å². The van der Waals surface area contributed by atoms with E-state index < -0.39 is 10.8 Å². The van der Waals surface area contributed by atoms with Gasteiger partial charge < -0.3 is 15.1 Å². The van der Waals surface area contributed by atoms with E-state index in [1.165, 1.54) is 5.56 Å². The van der Waals surface area contributed by atoms with E-state index >= 15 is 0 Å². The second-order valence-electron chi connectivity index (χ2n) is 7.02. The molecule has 1 heterocycles. The summed E-state index contributed by atoms with van der Waals surface area (Å²) < 4.78 is 17.4. The van der Waals surface area contributed by atoms with Crippen LogP contribution in [0.3, 0.4) is 0 Å². The number of hydrogen-bond donors (Lipinski definition) is 2. The van der Waals surface area contributed by atoms with Crippen molar-refractivity contribution in [3.63, 3.8) is 0 Å². The number of guanidine groups is 1. The van der Waals surface area contributed by atoms with Crippen LogP contribution in [0.4, 0.5) is 0 Å². The average Bonchev–Trinajstić information content (AvgIpc) is 3.06. The molecular weight excluding hydrogens is 475 g/mol. The fourth-order valence-corrected chi connectivity index (χ4v) is 3.08. The molecule has 6 nitrogen and oxygen atoms in total. The van der Waals surface area contributed by atoms with Crippen molar-refractivity contribution in [2.75, 3.05) is 19.3 Å². The standard InChI is InChI=1S/C19H28N4O2S.HI/c1-14-6-8-15(9-7-14)17-23-16(13-25-17)12-22-18(20-5)21-10-11-26(24)19(2,3)4;/h6-9,13H,10-12H2,1-5H3,(H2,20,21,22);1H. The van der Waals surface area contributed by atoms with Gasteiger partial charge in [0.2, 0.25) is 5.89 Å². The first-order chi connectivity index (χ1) is 12.3. The largest absolute Gasteiger partial charge is 0.444 e. The number of aryl methyl sites for hydroxylation is 1. The zero-order chi connectivity index (χ0) is 19.2. The van der Waals surface area contributed by atoms with Crippen LogP contribution >= 0.6 is 24.0 Å². The first kappa shape index (κ1) is 23.6. The molecule has 1 atom stereocenters. The third-order valence-electron chi connectivity index (χ3n) is 3.77. The molecule has 2 rings (SSSR count). The Kier molecular flexibility index (Phi) is 9.44. The highest BCUT2D eigenvalue weighted by atomic mass is 127. The number of halogens is 1. The topological polar surface area (TPSA) is 79.5 Å². The molecule has 0 aliphatic carbocycles. The predicted molar refractivity (Wildman–Crippen MR) is 123 cm³/mol. The molecule has 2 aromatic rings. The number of hydrogen-bond acceptors (Lipinski definition) is 4. The van der Waals surface area contributed by atoms with Crippen LogP contribution < -0.4 is 10.6 Å². The summed E-state index contributed by atoms with van der Waals surface area (Å²) in [6.07, 6.45) is 1.64. The second-order valence-corrected chi connectivity index (χ2v) is 9.35. The summed E-state index contributed by atoms with van der Waals surface area (Å²) in [4.78, 5) is 8.67. The van der Waals surface area contributed by atoms with Crippen molar-refractivity contribution < 1.29 is 8.63 Å². The number of aromatic nitrogens is 1. The summed E-state index contributed by atoms with van der Waals surface area (Å²) in [6.45, 7) is 9.07. The maximum atomic E-state index is 12.1. The van der Waals surface area contributed by atoms with E-state index in [4.69, 9.17) is 4.42 Å². The van der Waals surface area contributed by atoms with Gasteiger partial charge in [-0.1, -0.05) is 17.7 Å². The number of aliphatic imine (C=N–C) groups is 1. The molecule has 1 aromatic heterocycles. The third kappa shape index (κ3) is 7.61. The summed E-state index contributed by atoms with van der Waals surface area (Å²) in [7, 11) is 0.817. The lowest BCUT2D eigenvalue weighted by molar-refractivity contribution is 0.572. The SMILES string of the molecule is CN=C(NCCS(=O)C(C)(C)C)NCc1coc(-c2ccc(C)cc2)n1.I. The van der Waals surface area contributed by atoms with E-state index in [1.54, 1.807) is 13.3 Å². The van der Waals surface area contributed by atoms with Crippen LogP contribution in [0.2, 0.25) is 0 Å². The van der Waals surface area contributed by atoms with E-state index in [-0.39, 0.29) is 28.7 Å². The van der Waals surface area contributed by atoms with Gasteiger partial charge in [0.25, 0.3) is 0 Å². The summed E-state index contributed by atoms with van der Waals surface area (Å²) in [5, 5.41) is 6.36. The summed E-state index contributed by atoms with van der Waals surface area (Å²) >= 11 is 0. The molecule has 0 aliphatic heterocycles. The second kappa shape index (κ2) is 10.8. The van der Waals surface area contributed by atoms with Crippen LogP contribution in [-0.4, -0.2) is 39.2 Å². The first-order valence-electron chi connectivity index (χ1n) is 8.64. The Bertz CT molecular complexity index is 767. The van der Waals surface area contributed by atoms with Crippen LogP contribution in [-0.2, 0) is 17.3 Å². The minimum atomic E-state index is -0.888. The van der Waals surface area contributed by atoms with Crippen LogP contribution in [0.1, 0.15) is 32.0 Å². The number of oxazole rings is 1. The van der Waals surface area contributed by atoms with E-state index in [9.17, 15) is 4.21 Å². The molecular formula is C19H29IN4O2S. The Hall–Kier alpha value is -1.42. The third-order valence-corrected chi connectivity index (χ3v) is 5.71. The van der Waals surface area contributed by atoms with Gasteiger partial charge in [-0.05, 0) is 39.8 Å². The van der Waals surface area contributed by atoms with Crippen LogP contribution in [0.25, 0.3) is 11.5 Å². The van der Waals surface area contributed by atoms with Crippen molar-refractivity contribution in [1.82, 2.24) is 15.6 Å². The highest BCUT2D eigenvalue weighted by molar-refractivity contribution is 14.0. The fourth-order valence-electron chi connectivity index (χ4n) is 2.18. The molecule has 1 aromatic carbocycles. The van der Waals surface area contributed by atoms with E-state index in [1.807, 2.05) is 52.0 Å². The number of nitrogens with one attached hydrogen (secondary N) is 2. The van der Waals surface area contributed by atoms with Crippen LogP contribution in [0.15, 0.2) is 39.9 Å². The molecule has 2 N–H and O–H groups in total. The Balaban J connectivity index is 0.00000364. The smallest absolute Gasteiger partial charge is 0.226 e. The molecule has 150 valence electrons. The maximum Gasteiger partial charge on any atom is 0.226 e. The Labute approximate surface area is 181 Å². The van der Waals surface area contributed by atoms with E-state index in [0.29, 0.717) is 30.7 Å². The Morgan fingerprint density at radius 2 is 1.89 bits per heavy atom. The normalized spacial score (nSPS) is 13.0. The summed E-state index contributed by atoms with van der Waals surface area (Å²) in [6, 6.07) is 8.05. The van der Waals surface area contributed by atoms with Gasteiger partial charge in [0.1, 0.15) is 6.26 Å². The van der Waals surface area contributed by atoms with Crippen molar-refractivity contribution in [3.8, 4) is 11.5 Å². The van der Waals surface area contributed by atoms with Crippen molar-refractivity contribution in [3.05, 3.63) is 41.8 Å². The highest BCUT2D eigenvalue weighted by Gasteiger charge is 2.18. The monoisotopic (exact) mass is 504 g/mol. The van der Waals surface area contributed by atoms with Crippen molar-refractivity contribution in [1.29, 1.82) is 0 Å². The Morgan fingerprint density at radius 1 is 1.22 bits per heavy atom. The van der Waals surface area contributed by atoms with Gasteiger partial charge in [-0.25, -0.2) is 4.98 Å². The summed E-state index contributed by atoms with van der Waals surface area (Å²) in [5.41, 5.74) is 2.94. The van der Waals surface area contributed by atoms with Gasteiger partial charge in [0.05, 0.1) is 12.2 Å². The quantitative estimate of drug-likeness (QED) is 0.358. The molecule has 0 bridgehead atoms. The molecule has 0 spiro atoms. The maximum absolute atomic E-state index is 12.1. The van der Waals surface area contributed by atoms with Gasteiger partial charge >= 0.3 is 0 Å². The highest BCUT2D eigenvalue weighted by Crippen LogP contribution is 2.19. The molecule has 27 heavy (non-hydrogen) atoms. The molecule has 1 unspecified atom stereocenters. The van der Waals surface area contributed by atoms with Crippen LogP contribution in [0, 0.1) is 6.92 Å². The first-order valence-corrected chi connectivity index (χ1v) is 9.96. The molecule has 0 saturated carbocycles. The predicted octanol–water partition coefficient (Wildman–Crippen LogP) is 3.48. The summed E-state index contributed by atoms with van der Waals surface area (Å²) in [5.74, 6) is 1.83. The zero-order valence-electron chi connectivity index (χ0n) is 16.5.